The fourth-order valence-electron chi connectivity index (χ4n) is 5.36. The molecule has 2 heterocycles. The number of hydrogen-bond acceptors (Lipinski definition) is 4. The number of ketones is 1. The summed E-state index contributed by atoms with van der Waals surface area (Å²) in [6.07, 6.45) is 4.01. The molecule has 1 saturated carbocycles. The van der Waals surface area contributed by atoms with Crippen molar-refractivity contribution in [2.45, 2.75) is 51.5 Å². The van der Waals surface area contributed by atoms with Crippen LogP contribution in [0.5, 0.6) is 0 Å². The second-order valence-corrected chi connectivity index (χ2v) is 8.48. The molecule has 136 valence electrons. The molecule has 0 radical (unpaired) electrons. The van der Waals surface area contributed by atoms with E-state index < -0.39 is 11.5 Å². The zero-order valence-corrected chi connectivity index (χ0v) is 15.9. The molecule has 0 saturated heterocycles. The highest BCUT2D eigenvalue weighted by Gasteiger charge is 2.61. The van der Waals surface area contributed by atoms with E-state index in [4.69, 9.17) is 11.7 Å². The molecule has 2 aromatic heterocycles. The summed E-state index contributed by atoms with van der Waals surface area (Å²) in [6, 6.07) is -0.587. The van der Waals surface area contributed by atoms with Crippen LogP contribution in [-0.2, 0) is 30.7 Å². The minimum atomic E-state index is -0.587. The van der Waals surface area contributed by atoms with Crippen molar-refractivity contribution in [1.82, 2.24) is 24.5 Å². The molecule has 0 amide bonds. The molecule has 2 aliphatic rings. The molecule has 0 aliphatic heterocycles. The molecule has 1 fully saturated rings. The molecule has 3 atom stereocenters. The summed E-state index contributed by atoms with van der Waals surface area (Å²) >= 11 is 0. The Bertz CT molecular complexity index is 946. The van der Waals surface area contributed by atoms with Crippen LogP contribution in [0.2, 0.25) is 0 Å². The van der Waals surface area contributed by atoms with Gasteiger partial charge in [-0.1, -0.05) is 20.8 Å². The second-order valence-electron chi connectivity index (χ2n) is 8.48. The zero-order chi connectivity index (χ0) is 18.9. The smallest absolute Gasteiger partial charge is 0.282 e. The van der Waals surface area contributed by atoms with Crippen LogP contribution < -0.4 is 0 Å². The third-order valence-corrected chi connectivity index (χ3v) is 6.53. The summed E-state index contributed by atoms with van der Waals surface area (Å²) in [7, 11) is 3.78. The van der Waals surface area contributed by atoms with E-state index in [1.807, 2.05) is 32.6 Å². The third-order valence-electron chi connectivity index (χ3n) is 6.53. The molecular weight excluding hydrogens is 328 g/mol. The van der Waals surface area contributed by atoms with Crippen molar-refractivity contribution in [2.75, 3.05) is 0 Å². The number of nitrogens with zero attached hydrogens (tertiary/aromatic N) is 6. The van der Waals surface area contributed by atoms with Gasteiger partial charge in [0.15, 0.2) is 5.82 Å². The molecule has 1 unspecified atom stereocenters. The highest BCUT2D eigenvalue weighted by Crippen LogP contribution is 2.56. The van der Waals surface area contributed by atoms with Gasteiger partial charge in [0.2, 0.25) is 5.78 Å². The van der Waals surface area contributed by atoms with E-state index in [1.165, 1.54) is 5.56 Å². The monoisotopic (exact) mass is 352 g/mol. The first-order chi connectivity index (χ1) is 12.2. The fourth-order valence-corrected chi connectivity index (χ4v) is 5.36. The van der Waals surface area contributed by atoms with Crippen molar-refractivity contribution in [3.8, 4) is 11.5 Å². The summed E-state index contributed by atoms with van der Waals surface area (Å²) in [6.45, 7) is 13.7. The summed E-state index contributed by atoms with van der Waals surface area (Å²) < 4.78 is 3.56. The van der Waals surface area contributed by atoms with Gasteiger partial charge in [-0.05, 0) is 18.8 Å². The number of Topliss-reactive ketones (excluding diaryl/α,β-unsaturated/α-hetero) is 1. The van der Waals surface area contributed by atoms with Crippen LogP contribution in [0.15, 0.2) is 6.33 Å². The average Bonchev–Trinajstić information content (AvgIpc) is 3.14. The average molecular weight is 352 g/mol. The first kappa shape index (κ1) is 17.0. The lowest BCUT2D eigenvalue weighted by molar-refractivity contribution is -0.137. The summed E-state index contributed by atoms with van der Waals surface area (Å²) in [5.41, 5.74) is 2.35. The Morgan fingerprint density at radius 2 is 2.00 bits per heavy atom. The largest absolute Gasteiger partial charge is 0.305 e. The van der Waals surface area contributed by atoms with E-state index in [1.54, 1.807) is 11.0 Å². The molecule has 0 spiro atoms. The van der Waals surface area contributed by atoms with Crippen LogP contribution >= 0.6 is 0 Å². The Morgan fingerprint density at radius 1 is 1.27 bits per heavy atom. The van der Waals surface area contributed by atoms with Gasteiger partial charge in [0.05, 0.1) is 5.69 Å². The van der Waals surface area contributed by atoms with Crippen molar-refractivity contribution in [3.63, 3.8) is 0 Å². The molecule has 2 aliphatic carbocycles. The van der Waals surface area contributed by atoms with Crippen molar-refractivity contribution in [2.24, 2.45) is 25.4 Å². The predicted molar refractivity (Wildman–Crippen MR) is 96.2 cm³/mol. The molecular formula is C19H24N6O. The Balaban J connectivity index is 1.89. The first-order valence-corrected chi connectivity index (χ1v) is 9.03. The molecule has 7 nitrogen and oxygen atoms in total. The van der Waals surface area contributed by atoms with Gasteiger partial charge in [0.1, 0.15) is 12.0 Å². The molecule has 4 rings (SSSR count). The maximum Gasteiger partial charge on any atom is 0.282 e. The zero-order valence-electron chi connectivity index (χ0n) is 15.9. The lowest BCUT2D eigenvalue weighted by Gasteiger charge is -2.51. The quantitative estimate of drug-likeness (QED) is 0.739. The van der Waals surface area contributed by atoms with E-state index in [9.17, 15) is 4.79 Å². The Kier molecular flexibility index (Phi) is 3.43. The summed E-state index contributed by atoms with van der Waals surface area (Å²) in [5, 5.41) is 9.33. The number of fused-ring (bicyclic) bond motifs is 3. The topological polar surface area (TPSA) is 70.0 Å². The maximum atomic E-state index is 12.8. The van der Waals surface area contributed by atoms with Crippen molar-refractivity contribution >= 4 is 5.78 Å². The Labute approximate surface area is 153 Å². The summed E-state index contributed by atoms with van der Waals surface area (Å²) in [4.78, 5) is 20.9. The number of aryl methyl sites for hydroxylation is 2. The molecule has 26 heavy (non-hydrogen) atoms. The minimum Gasteiger partial charge on any atom is -0.305 e. The van der Waals surface area contributed by atoms with Crippen molar-refractivity contribution in [1.29, 1.82) is 0 Å². The Morgan fingerprint density at radius 3 is 2.62 bits per heavy atom. The molecule has 7 heteroatoms. The van der Waals surface area contributed by atoms with Crippen molar-refractivity contribution < 1.29 is 4.79 Å². The van der Waals surface area contributed by atoms with Gasteiger partial charge in [-0.25, -0.2) is 11.6 Å². The molecule has 2 aromatic rings. The molecule has 0 bridgehead atoms. The fraction of sp³-hybridized carbons (Fsp3) is 0.632. The van der Waals surface area contributed by atoms with Crippen LogP contribution in [0.4, 0.5) is 0 Å². The second kappa shape index (κ2) is 5.26. The van der Waals surface area contributed by atoms with Crippen molar-refractivity contribution in [3.05, 3.63) is 29.0 Å². The third kappa shape index (κ3) is 2.05. The number of rotatable bonds is 1. The van der Waals surface area contributed by atoms with Gasteiger partial charge < -0.3 is 4.85 Å². The first-order valence-electron chi connectivity index (χ1n) is 9.03. The number of carbonyl (C=O) groups is 1. The van der Waals surface area contributed by atoms with Crippen LogP contribution in [0.25, 0.3) is 16.4 Å². The van der Waals surface area contributed by atoms with Gasteiger partial charge >= 0.3 is 0 Å². The lowest BCUT2D eigenvalue weighted by Crippen LogP contribution is -2.56. The van der Waals surface area contributed by atoms with E-state index in [-0.39, 0.29) is 17.1 Å². The van der Waals surface area contributed by atoms with Crippen LogP contribution in [-0.4, -0.2) is 36.4 Å². The minimum absolute atomic E-state index is 0.0842. The van der Waals surface area contributed by atoms with Gasteiger partial charge in [-0.3, -0.25) is 14.2 Å². The van der Waals surface area contributed by atoms with E-state index in [2.05, 4.69) is 21.9 Å². The normalized spacial score (nSPS) is 29.8. The van der Waals surface area contributed by atoms with Gasteiger partial charge in [0.25, 0.3) is 6.04 Å². The molecule has 0 aromatic carbocycles. The SMILES string of the molecule is [C-]#[N+]C1C[C@]2(C)c3nn(C)c(-c4ncn(C)n4)c3CC[C@H]2C(C)(C)C1=O. The van der Waals surface area contributed by atoms with Gasteiger partial charge in [-0.15, -0.1) is 5.10 Å². The molecule has 0 N–H and O–H groups in total. The Hall–Kier alpha value is -2.49. The highest BCUT2D eigenvalue weighted by atomic mass is 16.1. The van der Waals surface area contributed by atoms with Crippen LogP contribution in [0.1, 0.15) is 44.9 Å². The summed E-state index contributed by atoms with van der Waals surface area (Å²) in [5.74, 6) is 0.951. The highest BCUT2D eigenvalue weighted by molar-refractivity contribution is 5.92. The lowest BCUT2D eigenvalue weighted by atomic mass is 9.50. The number of aromatic nitrogens is 5. The van der Waals surface area contributed by atoms with Gasteiger partial charge in [0, 0.05) is 36.9 Å². The van der Waals surface area contributed by atoms with Gasteiger partial charge in [-0.2, -0.15) is 5.10 Å². The van der Waals surface area contributed by atoms with E-state index in [0.717, 1.165) is 24.2 Å². The van der Waals surface area contributed by atoms with Crippen LogP contribution in [0.3, 0.4) is 0 Å². The number of carbonyl (C=O) groups excluding carboxylic acids is 1. The van der Waals surface area contributed by atoms with E-state index >= 15 is 0 Å². The van der Waals surface area contributed by atoms with E-state index in [0.29, 0.717) is 12.2 Å². The standard InChI is InChI=1S/C19H24N6O/c1-18(2)13-8-7-11-14(17-21-10-24(5)23-17)25(6)22-15(11)19(13,3)9-12(20-4)16(18)26/h10,12-13H,7-9H2,1-3,5-6H3/t12?,13-,19-/m0/s1. The van der Waals surface area contributed by atoms with Crippen LogP contribution in [0, 0.1) is 17.9 Å². The predicted octanol–water partition coefficient (Wildman–Crippen LogP) is 2.32. The maximum absolute atomic E-state index is 12.8. The number of hydrogen-bond donors (Lipinski definition) is 0.